The van der Waals surface area contributed by atoms with E-state index in [1.807, 2.05) is 0 Å². The van der Waals surface area contributed by atoms with Crippen LogP contribution in [0.2, 0.25) is 0 Å². The first-order chi connectivity index (χ1) is 18.6. The minimum Gasteiger partial charge on any atom is -0.472 e. The molecule has 3 heterocycles. The standard InChI is InChI=1S/C28H34O12/c1-12-18-20(33)26(5)22(14-7-8-37-11-14)39-17(31)10-27(12,26)40-24-19(32)23(38-13(2)29)25(3,4)15(9-16(30)36-6)28(24,35)21(18)34/h7-8,11,15,18-20,22-24,32-33,35H,1,9-10H2,2-6H3/t15-,18+,19-,20-,22-,23+,24-,26-,27-,28+/m0/s1. The van der Waals surface area contributed by atoms with Gasteiger partial charge in [-0.3, -0.25) is 19.2 Å². The third-order valence-corrected chi connectivity index (χ3v) is 9.84. The fourth-order valence-corrected chi connectivity index (χ4v) is 7.76. The van der Waals surface area contributed by atoms with Crippen LogP contribution in [0.5, 0.6) is 0 Å². The molecule has 218 valence electrons. The normalized spacial score (nSPS) is 43.7. The van der Waals surface area contributed by atoms with Crippen molar-refractivity contribution in [2.75, 3.05) is 7.11 Å². The molecule has 10 atom stereocenters. The first-order valence-electron chi connectivity index (χ1n) is 13.0. The second-order valence-corrected chi connectivity index (χ2v) is 12.1. The quantitative estimate of drug-likeness (QED) is 0.267. The highest BCUT2D eigenvalue weighted by Gasteiger charge is 2.80. The summed E-state index contributed by atoms with van der Waals surface area (Å²) in [4.78, 5) is 52.3. The van der Waals surface area contributed by atoms with Crippen molar-refractivity contribution in [1.82, 2.24) is 0 Å². The summed E-state index contributed by atoms with van der Waals surface area (Å²) in [6, 6.07) is 1.55. The van der Waals surface area contributed by atoms with Gasteiger partial charge >= 0.3 is 17.9 Å². The number of esters is 3. The van der Waals surface area contributed by atoms with Gasteiger partial charge in [0.15, 0.2) is 11.4 Å². The molecule has 2 aliphatic heterocycles. The summed E-state index contributed by atoms with van der Waals surface area (Å²) >= 11 is 0. The predicted octanol–water partition coefficient (Wildman–Crippen LogP) is 0.770. The molecule has 1 aromatic heterocycles. The highest BCUT2D eigenvalue weighted by molar-refractivity contribution is 5.96. The number of hydrogen-bond donors (Lipinski definition) is 3. The summed E-state index contributed by atoms with van der Waals surface area (Å²) in [6.07, 6.45) is -5.91. The van der Waals surface area contributed by atoms with Gasteiger partial charge in [0.2, 0.25) is 0 Å². The summed E-state index contributed by atoms with van der Waals surface area (Å²) in [5.41, 5.74) is -6.86. The van der Waals surface area contributed by atoms with Gasteiger partial charge in [-0.2, -0.15) is 0 Å². The van der Waals surface area contributed by atoms with Crippen molar-refractivity contribution >= 4 is 23.7 Å². The van der Waals surface area contributed by atoms with Crippen LogP contribution < -0.4 is 0 Å². The first kappa shape index (κ1) is 28.5. The Morgan fingerprint density at radius 2 is 1.88 bits per heavy atom. The van der Waals surface area contributed by atoms with Crippen molar-refractivity contribution in [3.8, 4) is 0 Å². The average Bonchev–Trinajstić information content (AvgIpc) is 3.45. The molecule has 2 aliphatic carbocycles. The topological polar surface area (TPSA) is 179 Å². The highest BCUT2D eigenvalue weighted by Crippen LogP contribution is 2.68. The lowest BCUT2D eigenvalue weighted by Crippen LogP contribution is -2.76. The Balaban J connectivity index is 1.74. The third kappa shape index (κ3) is 3.39. The smallest absolute Gasteiger partial charge is 0.309 e. The van der Waals surface area contributed by atoms with Gasteiger partial charge in [-0.25, -0.2) is 0 Å². The van der Waals surface area contributed by atoms with Crippen molar-refractivity contribution in [3.05, 3.63) is 36.3 Å². The maximum atomic E-state index is 14.5. The van der Waals surface area contributed by atoms with Crippen molar-refractivity contribution in [2.45, 2.75) is 82.3 Å². The summed E-state index contributed by atoms with van der Waals surface area (Å²) in [6.45, 7) is 9.89. The lowest BCUT2D eigenvalue weighted by molar-refractivity contribution is -0.311. The number of fused-ring (bicyclic) bond motifs is 2. The molecule has 3 N–H and O–H groups in total. The molecule has 5 rings (SSSR count). The second-order valence-electron chi connectivity index (χ2n) is 12.1. The van der Waals surface area contributed by atoms with E-state index in [9.17, 15) is 34.5 Å². The third-order valence-electron chi connectivity index (χ3n) is 9.84. The van der Waals surface area contributed by atoms with Crippen molar-refractivity contribution < 1.29 is 57.9 Å². The Kier molecular flexibility index (Phi) is 6.38. The molecule has 1 aromatic rings. The van der Waals surface area contributed by atoms with Crippen molar-refractivity contribution in [2.24, 2.45) is 22.7 Å². The van der Waals surface area contributed by atoms with Gasteiger partial charge in [0.05, 0.1) is 49.9 Å². The average molecular weight is 563 g/mol. The number of Topliss-reactive ketones (excluding diaryl/α,β-unsaturated/α-hetero) is 1. The summed E-state index contributed by atoms with van der Waals surface area (Å²) in [5.74, 6) is -5.96. The molecule has 2 saturated heterocycles. The Morgan fingerprint density at radius 3 is 2.45 bits per heavy atom. The molecule has 2 bridgehead atoms. The number of rotatable bonds is 4. The molecule has 4 fully saturated rings. The van der Waals surface area contributed by atoms with Gasteiger partial charge < -0.3 is 38.7 Å². The van der Waals surface area contributed by atoms with Gasteiger partial charge in [-0.1, -0.05) is 27.4 Å². The van der Waals surface area contributed by atoms with Crippen LogP contribution in [-0.2, 0) is 38.1 Å². The number of furan rings is 1. The molecule has 0 aromatic carbocycles. The fraction of sp³-hybridized carbons (Fsp3) is 0.643. The zero-order chi connectivity index (χ0) is 29.6. The predicted molar refractivity (Wildman–Crippen MR) is 132 cm³/mol. The van der Waals surface area contributed by atoms with Gasteiger partial charge in [-0.15, -0.1) is 0 Å². The van der Waals surface area contributed by atoms with E-state index in [1.165, 1.54) is 12.5 Å². The molecular formula is C28H34O12. The van der Waals surface area contributed by atoms with Gasteiger partial charge in [0, 0.05) is 23.8 Å². The highest BCUT2D eigenvalue weighted by atomic mass is 16.6. The number of aliphatic hydroxyl groups excluding tert-OH is 2. The van der Waals surface area contributed by atoms with Gasteiger partial charge in [0.1, 0.15) is 30.0 Å². The zero-order valence-corrected chi connectivity index (χ0v) is 22.9. The fourth-order valence-electron chi connectivity index (χ4n) is 7.76. The lowest BCUT2D eigenvalue weighted by atomic mass is 9.53. The van der Waals surface area contributed by atoms with Crippen LogP contribution >= 0.6 is 0 Å². The van der Waals surface area contributed by atoms with Crippen LogP contribution in [0.3, 0.4) is 0 Å². The maximum absolute atomic E-state index is 14.5. The van der Waals surface area contributed by atoms with E-state index >= 15 is 0 Å². The molecule has 1 spiro atoms. The van der Waals surface area contributed by atoms with Crippen LogP contribution in [0.1, 0.15) is 52.2 Å². The summed E-state index contributed by atoms with van der Waals surface area (Å²) < 4.78 is 27.8. The summed E-state index contributed by atoms with van der Waals surface area (Å²) in [5, 5.41) is 35.9. The number of carbonyl (C=O) groups excluding carboxylic acids is 4. The number of ketones is 1. The Hall–Kier alpha value is -3.06. The number of carbonyl (C=O) groups is 4. The van der Waals surface area contributed by atoms with E-state index in [0.717, 1.165) is 14.0 Å². The Morgan fingerprint density at radius 1 is 1.20 bits per heavy atom. The SMILES string of the molecule is C=C1[C@H]2C(=O)[C@@]3(O)[C@@H](O[C@@]14CC(=O)O[C@@H](c1ccoc1)[C@]4(C)[C@H]2O)[C@@H](O)[C@@H](OC(C)=O)C(C)(C)[C@@H]3CC(=O)OC. The maximum Gasteiger partial charge on any atom is 0.309 e. The largest absolute Gasteiger partial charge is 0.472 e. The molecule has 0 unspecified atom stereocenters. The van der Waals surface area contributed by atoms with Crippen molar-refractivity contribution in [1.29, 1.82) is 0 Å². The lowest BCUT2D eigenvalue weighted by Gasteiger charge is -2.60. The number of ether oxygens (including phenoxy) is 4. The monoisotopic (exact) mass is 562 g/mol. The Bertz CT molecular complexity index is 1270. The molecule has 40 heavy (non-hydrogen) atoms. The van der Waals surface area contributed by atoms with Crippen LogP contribution in [-0.4, -0.2) is 81.7 Å². The minimum atomic E-state index is -2.58. The molecule has 0 amide bonds. The van der Waals surface area contributed by atoms with Crippen LogP contribution in [0.4, 0.5) is 0 Å². The molecule has 2 saturated carbocycles. The molecule has 12 nitrogen and oxygen atoms in total. The van der Waals surface area contributed by atoms with Gasteiger partial charge in [-0.05, 0) is 11.6 Å². The second kappa shape index (κ2) is 8.97. The Labute approximate surface area is 230 Å². The van der Waals surface area contributed by atoms with Crippen LogP contribution in [0.15, 0.2) is 35.2 Å². The molecular weight excluding hydrogens is 528 g/mol. The van der Waals surface area contributed by atoms with Crippen LogP contribution in [0, 0.1) is 22.7 Å². The van der Waals surface area contributed by atoms with E-state index in [-0.39, 0.29) is 5.57 Å². The number of hydrogen-bond acceptors (Lipinski definition) is 12. The molecule has 4 aliphatic rings. The first-order valence-corrected chi connectivity index (χ1v) is 13.0. The van der Waals surface area contributed by atoms with Gasteiger partial charge in [0.25, 0.3) is 0 Å². The molecule has 0 radical (unpaired) electrons. The van der Waals surface area contributed by atoms with E-state index < -0.39 is 101 Å². The van der Waals surface area contributed by atoms with E-state index in [0.29, 0.717) is 5.56 Å². The number of methoxy groups -OCH3 is 1. The number of cyclic esters (lactones) is 1. The van der Waals surface area contributed by atoms with E-state index in [2.05, 4.69) is 6.58 Å². The summed E-state index contributed by atoms with van der Waals surface area (Å²) in [7, 11) is 1.14. The van der Waals surface area contributed by atoms with E-state index in [1.54, 1.807) is 26.8 Å². The zero-order valence-electron chi connectivity index (χ0n) is 22.9. The van der Waals surface area contributed by atoms with Crippen molar-refractivity contribution in [3.63, 3.8) is 0 Å². The molecule has 12 heteroatoms. The minimum absolute atomic E-state index is 0.0336. The van der Waals surface area contributed by atoms with E-state index in [4.69, 9.17) is 23.4 Å². The number of aliphatic hydroxyl groups is 3. The van der Waals surface area contributed by atoms with Crippen LogP contribution in [0.25, 0.3) is 0 Å².